The first-order chi connectivity index (χ1) is 12.3. The molecule has 26 heavy (non-hydrogen) atoms. The van der Waals surface area contributed by atoms with Crippen LogP contribution in [0.4, 0.5) is 5.82 Å². The number of amides is 1. The van der Waals surface area contributed by atoms with Crippen LogP contribution in [-0.4, -0.2) is 66.3 Å². The maximum Gasteiger partial charge on any atom is 0.352 e. The van der Waals surface area contributed by atoms with Crippen molar-refractivity contribution in [3.8, 4) is 0 Å². The highest BCUT2D eigenvalue weighted by Crippen LogP contribution is 2.25. The van der Waals surface area contributed by atoms with Crippen LogP contribution in [0.25, 0.3) is 0 Å². The van der Waals surface area contributed by atoms with E-state index in [9.17, 15) is 14.7 Å². The number of nitrogens with two attached hydrogens (primary N) is 1. The second-order valence-corrected chi connectivity index (χ2v) is 6.44. The summed E-state index contributed by atoms with van der Waals surface area (Å²) < 4.78 is 0. The number of carbonyl (C=O) groups is 2. The monoisotopic (exact) mass is 359 g/mol. The van der Waals surface area contributed by atoms with Crippen molar-refractivity contribution in [1.29, 1.82) is 0 Å². The average molecular weight is 359 g/mol. The van der Waals surface area contributed by atoms with Gasteiger partial charge in [-0.15, -0.1) is 0 Å². The molecule has 0 aromatic carbocycles. The molecule has 1 aliphatic rings. The van der Waals surface area contributed by atoms with Crippen molar-refractivity contribution in [2.45, 2.75) is 13.8 Å². The van der Waals surface area contributed by atoms with Gasteiger partial charge < -0.3 is 20.6 Å². The van der Waals surface area contributed by atoms with Gasteiger partial charge in [0, 0.05) is 57.1 Å². The van der Waals surface area contributed by atoms with Crippen LogP contribution in [0.1, 0.15) is 24.2 Å². The van der Waals surface area contributed by atoms with Crippen LogP contribution in [0.5, 0.6) is 0 Å². The highest BCUT2D eigenvalue weighted by molar-refractivity contribution is 6.08. The average Bonchev–Trinajstić information content (AvgIpc) is 2.62. The summed E-state index contributed by atoms with van der Waals surface area (Å²) in [5.74, 6) is -0.596. The minimum Gasteiger partial charge on any atom is -0.477 e. The lowest BCUT2D eigenvalue weighted by Gasteiger charge is -2.35. The number of carbonyl (C=O) groups excluding carboxylic acids is 1. The highest BCUT2D eigenvalue weighted by Gasteiger charge is 2.30. The molecule has 0 unspecified atom stereocenters. The fourth-order valence-electron chi connectivity index (χ4n) is 2.96. The quantitative estimate of drug-likeness (QED) is 0.776. The third-order valence-electron chi connectivity index (χ3n) is 4.23. The molecule has 0 bridgehead atoms. The predicted octanol–water partition coefficient (Wildman–Crippen LogP) is 0.998. The zero-order valence-corrected chi connectivity index (χ0v) is 15.6. The van der Waals surface area contributed by atoms with Gasteiger partial charge in [0.05, 0.1) is 5.56 Å². The van der Waals surface area contributed by atoms with E-state index in [1.165, 1.54) is 11.1 Å². The van der Waals surface area contributed by atoms with E-state index in [2.05, 4.69) is 9.98 Å². The number of anilines is 1. The first-order valence-corrected chi connectivity index (χ1v) is 8.45. The Morgan fingerprint density at radius 2 is 2.12 bits per heavy atom. The molecule has 0 aliphatic carbocycles. The summed E-state index contributed by atoms with van der Waals surface area (Å²) in [4.78, 5) is 35.6. The van der Waals surface area contributed by atoms with E-state index in [1.54, 1.807) is 26.2 Å². The van der Waals surface area contributed by atoms with Crippen molar-refractivity contribution in [1.82, 2.24) is 9.88 Å². The van der Waals surface area contributed by atoms with E-state index in [1.807, 2.05) is 18.7 Å². The molecule has 1 aromatic rings. The van der Waals surface area contributed by atoms with Gasteiger partial charge in [-0.05, 0) is 19.1 Å². The molecular formula is C18H25N5O3. The van der Waals surface area contributed by atoms with E-state index < -0.39 is 5.97 Å². The third kappa shape index (κ3) is 4.01. The van der Waals surface area contributed by atoms with Crippen LogP contribution in [-0.2, 0) is 4.79 Å². The lowest BCUT2D eigenvalue weighted by molar-refractivity contribution is -0.132. The molecule has 1 aliphatic heterocycles. The standard InChI is InChI=1S/C18H25N5O3/c1-5-20-16-11(2)9-23(10-13(16)15(19)18(25)26)14-7-6-12(8-21-14)17(24)22(3)4/h6-8,11H,5,9-10,19H2,1-4H3,(H,25,26)/b15-13-,20-16?/t11-/m0/s1. The Hall–Kier alpha value is -2.90. The van der Waals surface area contributed by atoms with E-state index in [-0.39, 0.29) is 17.5 Å². The molecule has 1 amide bonds. The van der Waals surface area contributed by atoms with Gasteiger partial charge in [0.15, 0.2) is 0 Å². The molecule has 8 nitrogen and oxygen atoms in total. The van der Waals surface area contributed by atoms with E-state index in [0.29, 0.717) is 36.6 Å². The summed E-state index contributed by atoms with van der Waals surface area (Å²) in [5.41, 5.74) is 7.39. The summed E-state index contributed by atoms with van der Waals surface area (Å²) in [6.45, 7) is 5.41. The number of rotatable bonds is 4. The normalized spacial score (nSPS) is 20.8. The summed E-state index contributed by atoms with van der Waals surface area (Å²) in [6.07, 6.45) is 1.53. The van der Waals surface area contributed by atoms with Crippen molar-refractivity contribution < 1.29 is 14.7 Å². The zero-order chi connectivity index (χ0) is 19.4. The Balaban J connectivity index is 2.34. The van der Waals surface area contributed by atoms with Gasteiger partial charge in [0.1, 0.15) is 11.5 Å². The Morgan fingerprint density at radius 1 is 1.42 bits per heavy atom. The number of hydrogen-bond donors (Lipinski definition) is 2. The van der Waals surface area contributed by atoms with Crippen LogP contribution in [0.2, 0.25) is 0 Å². The van der Waals surface area contributed by atoms with Gasteiger partial charge in [-0.3, -0.25) is 9.79 Å². The van der Waals surface area contributed by atoms with Crippen LogP contribution < -0.4 is 10.6 Å². The van der Waals surface area contributed by atoms with Gasteiger partial charge in [-0.2, -0.15) is 0 Å². The maximum absolute atomic E-state index is 12.0. The first-order valence-electron chi connectivity index (χ1n) is 8.45. The molecule has 2 rings (SSSR count). The van der Waals surface area contributed by atoms with Crippen molar-refractivity contribution in [3.05, 3.63) is 35.2 Å². The summed E-state index contributed by atoms with van der Waals surface area (Å²) in [5, 5.41) is 9.30. The number of nitrogens with zero attached hydrogens (tertiary/aromatic N) is 4. The van der Waals surface area contributed by atoms with E-state index >= 15 is 0 Å². The minimum atomic E-state index is -1.15. The van der Waals surface area contributed by atoms with Crippen LogP contribution in [0.15, 0.2) is 34.6 Å². The first kappa shape index (κ1) is 19.4. The van der Waals surface area contributed by atoms with Crippen molar-refractivity contribution in [2.24, 2.45) is 16.6 Å². The number of aliphatic carboxylic acids is 1. The summed E-state index contributed by atoms with van der Waals surface area (Å²) in [7, 11) is 3.37. The minimum absolute atomic E-state index is 0.0153. The molecule has 2 heterocycles. The third-order valence-corrected chi connectivity index (χ3v) is 4.23. The molecule has 0 saturated carbocycles. The topological polar surface area (TPSA) is 112 Å². The Morgan fingerprint density at radius 3 is 2.62 bits per heavy atom. The Bertz CT molecular complexity index is 753. The molecule has 0 spiro atoms. The molecule has 1 aromatic heterocycles. The number of aromatic nitrogens is 1. The molecule has 0 radical (unpaired) electrons. The molecule has 140 valence electrons. The number of piperidine rings is 1. The largest absolute Gasteiger partial charge is 0.477 e. The zero-order valence-electron chi connectivity index (χ0n) is 15.6. The van der Waals surface area contributed by atoms with Crippen LogP contribution in [0.3, 0.4) is 0 Å². The Kier molecular flexibility index (Phi) is 5.97. The van der Waals surface area contributed by atoms with Crippen LogP contribution >= 0.6 is 0 Å². The molecule has 3 N–H and O–H groups in total. The van der Waals surface area contributed by atoms with Gasteiger partial charge in [0.2, 0.25) is 0 Å². The molecule has 8 heteroatoms. The number of hydrogen-bond acceptors (Lipinski definition) is 6. The summed E-state index contributed by atoms with van der Waals surface area (Å²) >= 11 is 0. The van der Waals surface area contributed by atoms with Crippen molar-refractivity contribution in [3.63, 3.8) is 0 Å². The summed E-state index contributed by atoms with van der Waals surface area (Å²) in [6, 6.07) is 3.48. The SMILES string of the molecule is CCN=C1/C(=C(\N)C(=O)O)CN(c2ccc(C(=O)N(C)C)cn2)C[C@@H]1C. The molecule has 1 saturated heterocycles. The maximum atomic E-state index is 12.0. The fourth-order valence-corrected chi connectivity index (χ4v) is 2.96. The lowest BCUT2D eigenvalue weighted by atomic mass is 9.91. The lowest BCUT2D eigenvalue weighted by Crippen LogP contribution is -2.44. The predicted molar refractivity (Wildman–Crippen MR) is 100 cm³/mol. The van der Waals surface area contributed by atoms with Gasteiger partial charge >= 0.3 is 5.97 Å². The Labute approximate surface area is 153 Å². The fraction of sp³-hybridized carbons (Fsp3) is 0.444. The second-order valence-electron chi connectivity index (χ2n) is 6.44. The van der Waals surface area contributed by atoms with Crippen molar-refractivity contribution >= 4 is 23.4 Å². The number of carboxylic acid groups (broad SMARTS) is 1. The van der Waals surface area contributed by atoms with Gasteiger partial charge in [0.25, 0.3) is 5.91 Å². The van der Waals surface area contributed by atoms with E-state index in [0.717, 1.165) is 5.71 Å². The smallest absolute Gasteiger partial charge is 0.352 e. The molecular weight excluding hydrogens is 334 g/mol. The molecule has 1 atom stereocenters. The second kappa shape index (κ2) is 7.99. The van der Waals surface area contributed by atoms with Crippen molar-refractivity contribution in [2.75, 3.05) is 38.6 Å². The van der Waals surface area contributed by atoms with Crippen LogP contribution in [0, 0.1) is 5.92 Å². The number of pyridine rings is 1. The van der Waals surface area contributed by atoms with Gasteiger partial charge in [-0.25, -0.2) is 9.78 Å². The number of aliphatic imine (C=N–C) groups is 1. The highest BCUT2D eigenvalue weighted by atomic mass is 16.4. The van der Waals surface area contributed by atoms with E-state index in [4.69, 9.17) is 5.73 Å². The van der Waals surface area contributed by atoms with Gasteiger partial charge in [-0.1, -0.05) is 6.92 Å². The molecule has 1 fully saturated rings. The number of carboxylic acids is 1.